The van der Waals surface area contributed by atoms with Crippen LogP contribution in [0.25, 0.3) is 0 Å². The van der Waals surface area contributed by atoms with E-state index in [2.05, 4.69) is 6.58 Å². The second-order valence-corrected chi connectivity index (χ2v) is 2.88. The molecule has 0 unspecified atom stereocenters. The topological polar surface area (TPSA) is 9.23 Å². The zero-order valence-corrected chi connectivity index (χ0v) is 7.70. The van der Waals surface area contributed by atoms with Gasteiger partial charge in [0.15, 0.2) is 0 Å². The molecule has 0 aliphatic heterocycles. The highest BCUT2D eigenvalue weighted by molar-refractivity contribution is 4.98. The molecule has 3 heteroatoms. The Bertz CT molecular complexity index is 143. The Hall–Kier alpha value is -0.440. The van der Waals surface area contributed by atoms with Crippen LogP contribution in [-0.4, -0.2) is 19.6 Å². The van der Waals surface area contributed by atoms with Crippen molar-refractivity contribution in [1.29, 1.82) is 0 Å². The summed E-state index contributed by atoms with van der Waals surface area (Å²) in [6, 6.07) is 0. The SMILES string of the molecule is C=C(CCOC)CC(F)(F)CC. The van der Waals surface area contributed by atoms with Crippen molar-refractivity contribution in [1.82, 2.24) is 0 Å². The van der Waals surface area contributed by atoms with Gasteiger partial charge in [0.2, 0.25) is 0 Å². The van der Waals surface area contributed by atoms with Crippen LogP contribution in [0, 0.1) is 0 Å². The van der Waals surface area contributed by atoms with E-state index in [1.807, 2.05) is 0 Å². The lowest BCUT2D eigenvalue weighted by atomic mass is 10.1. The highest BCUT2D eigenvalue weighted by Crippen LogP contribution is 2.26. The number of rotatable bonds is 6. The average molecular weight is 178 g/mol. The quantitative estimate of drug-likeness (QED) is 0.568. The molecule has 0 rings (SSSR count). The second kappa shape index (κ2) is 5.25. The first-order chi connectivity index (χ1) is 5.52. The predicted molar refractivity (Wildman–Crippen MR) is 45.5 cm³/mol. The van der Waals surface area contributed by atoms with Crippen molar-refractivity contribution in [2.24, 2.45) is 0 Å². The molecule has 1 nitrogen and oxygen atoms in total. The van der Waals surface area contributed by atoms with E-state index in [0.29, 0.717) is 18.6 Å². The van der Waals surface area contributed by atoms with Gasteiger partial charge in [0.1, 0.15) is 0 Å². The van der Waals surface area contributed by atoms with Gasteiger partial charge in [-0.1, -0.05) is 19.1 Å². The Balaban J connectivity index is 3.68. The molecule has 0 aromatic heterocycles. The summed E-state index contributed by atoms with van der Waals surface area (Å²) >= 11 is 0. The lowest BCUT2D eigenvalue weighted by molar-refractivity contribution is -0.00327. The molecule has 0 saturated carbocycles. The summed E-state index contributed by atoms with van der Waals surface area (Å²) in [7, 11) is 1.55. The Morgan fingerprint density at radius 3 is 2.50 bits per heavy atom. The zero-order chi connectivity index (χ0) is 9.61. The first-order valence-corrected chi connectivity index (χ1v) is 4.05. The molecule has 0 fully saturated rings. The van der Waals surface area contributed by atoms with E-state index >= 15 is 0 Å². The van der Waals surface area contributed by atoms with E-state index < -0.39 is 5.92 Å². The molecule has 0 atom stereocenters. The number of halogens is 2. The van der Waals surface area contributed by atoms with Crippen LogP contribution in [-0.2, 0) is 4.74 Å². The van der Waals surface area contributed by atoms with Crippen molar-refractivity contribution in [2.75, 3.05) is 13.7 Å². The highest BCUT2D eigenvalue weighted by Gasteiger charge is 2.26. The lowest BCUT2D eigenvalue weighted by Crippen LogP contribution is -2.15. The van der Waals surface area contributed by atoms with Gasteiger partial charge in [0, 0.05) is 26.6 Å². The van der Waals surface area contributed by atoms with E-state index in [1.165, 1.54) is 6.92 Å². The Kier molecular flexibility index (Phi) is 5.06. The summed E-state index contributed by atoms with van der Waals surface area (Å²) in [5.41, 5.74) is 0.559. The average Bonchev–Trinajstić information content (AvgIpc) is 2.00. The van der Waals surface area contributed by atoms with Crippen molar-refractivity contribution in [3.63, 3.8) is 0 Å². The minimum absolute atomic E-state index is 0.126. The van der Waals surface area contributed by atoms with E-state index in [4.69, 9.17) is 4.74 Å². The molecule has 72 valence electrons. The summed E-state index contributed by atoms with van der Waals surface area (Å²) in [6.45, 7) is 5.51. The molecule has 0 saturated heterocycles. The lowest BCUT2D eigenvalue weighted by Gasteiger charge is -2.14. The maximum absolute atomic E-state index is 12.7. The number of hydrogen-bond acceptors (Lipinski definition) is 1. The largest absolute Gasteiger partial charge is 0.384 e. The first-order valence-electron chi connectivity index (χ1n) is 4.05. The van der Waals surface area contributed by atoms with Gasteiger partial charge in [-0.25, -0.2) is 8.78 Å². The molecular formula is C9H16F2O. The number of ether oxygens (including phenoxy) is 1. The van der Waals surface area contributed by atoms with Crippen LogP contribution in [0.4, 0.5) is 8.78 Å². The molecule has 0 radical (unpaired) electrons. The Labute approximate surface area is 72.4 Å². The minimum atomic E-state index is -2.59. The summed E-state index contributed by atoms with van der Waals surface area (Å²) < 4.78 is 30.2. The molecular weight excluding hydrogens is 162 g/mol. The first kappa shape index (κ1) is 11.6. The Morgan fingerprint density at radius 2 is 2.08 bits per heavy atom. The van der Waals surface area contributed by atoms with E-state index in [1.54, 1.807) is 7.11 Å². The van der Waals surface area contributed by atoms with E-state index in [-0.39, 0.29) is 12.8 Å². The van der Waals surface area contributed by atoms with Gasteiger partial charge in [0.05, 0.1) is 0 Å². The van der Waals surface area contributed by atoms with Gasteiger partial charge in [0.25, 0.3) is 5.92 Å². The summed E-state index contributed by atoms with van der Waals surface area (Å²) in [5.74, 6) is -2.59. The van der Waals surface area contributed by atoms with Crippen LogP contribution in [0.1, 0.15) is 26.2 Å². The number of hydrogen-bond donors (Lipinski definition) is 0. The van der Waals surface area contributed by atoms with Crippen molar-refractivity contribution in [3.8, 4) is 0 Å². The van der Waals surface area contributed by atoms with Crippen molar-refractivity contribution < 1.29 is 13.5 Å². The summed E-state index contributed by atoms with van der Waals surface area (Å²) in [6.07, 6.45) is 0.179. The second-order valence-electron chi connectivity index (χ2n) is 2.88. The fourth-order valence-corrected chi connectivity index (χ4v) is 0.826. The fourth-order valence-electron chi connectivity index (χ4n) is 0.826. The molecule has 0 aliphatic carbocycles. The molecule has 0 heterocycles. The smallest absolute Gasteiger partial charge is 0.251 e. The van der Waals surface area contributed by atoms with Gasteiger partial charge in [-0.15, -0.1) is 0 Å². The normalized spacial score (nSPS) is 11.7. The fraction of sp³-hybridized carbons (Fsp3) is 0.778. The van der Waals surface area contributed by atoms with Crippen LogP contribution in [0.15, 0.2) is 12.2 Å². The maximum Gasteiger partial charge on any atom is 0.251 e. The number of methoxy groups -OCH3 is 1. The van der Waals surface area contributed by atoms with Gasteiger partial charge >= 0.3 is 0 Å². The van der Waals surface area contributed by atoms with Gasteiger partial charge in [-0.05, 0) is 6.42 Å². The van der Waals surface area contributed by atoms with Gasteiger partial charge in [-0.3, -0.25) is 0 Å². The maximum atomic E-state index is 12.7. The summed E-state index contributed by atoms with van der Waals surface area (Å²) in [5, 5.41) is 0. The monoisotopic (exact) mass is 178 g/mol. The van der Waals surface area contributed by atoms with E-state index in [9.17, 15) is 8.78 Å². The third kappa shape index (κ3) is 5.24. The van der Waals surface area contributed by atoms with Crippen LogP contribution in [0.3, 0.4) is 0 Å². The standard InChI is InChI=1S/C9H16F2O/c1-4-9(10,11)7-8(2)5-6-12-3/h2,4-7H2,1,3H3. The molecule has 0 spiro atoms. The Morgan fingerprint density at radius 1 is 1.50 bits per heavy atom. The molecule has 0 bridgehead atoms. The van der Waals surface area contributed by atoms with Crippen LogP contribution in [0.2, 0.25) is 0 Å². The van der Waals surface area contributed by atoms with Crippen molar-refractivity contribution in [3.05, 3.63) is 12.2 Å². The molecule has 0 aromatic carbocycles. The zero-order valence-electron chi connectivity index (χ0n) is 7.70. The van der Waals surface area contributed by atoms with Crippen molar-refractivity contribution >= 4 is 0 Å². The third-order valence-corrected chi connectivity index (χ3v) is 1.69. The van der Waals surface area contributed by atoms with Crippen molar-refractivity contribution in [2.45, 2.75) is 32.1 Å². The molecule has 0 N–H and O–H groups in total. The van der Waals surface area contributed by atoms with Crippen LogP contribution >= 0.6 is 0 Å². The predicted octanol–water partition coefficient (Wildman–Crippen LogP) is 3.01. The van der Waals surface area contributed by atoms with Crippen LogP contribution < -0.4 is 0 Å². The molecule has 0 amide bonds. The van der Waals surface area contributed by atoms with Crippen LogP contribution in [0.5, 0.6) is 0 Å². The highest BCUT2D eigenvalue weighted by atomic mass is 19.3. The van der Waals surface area contributed by atoms with E-state index in [0.717, 1.165) is 0 Å². The molecule has 0 aliphatic rings. The molecule has 0 aromatic rings. The van der Waals surface area contributed by atoms with Gasteiger partial charge < -0.3 is 4.74 Å². The minimum Gasteiger partial charge on any atom is -0.384 e. The molecule has 12 heavy (non-hydrogen) atoms. The third-order valence-electron chi connectivity index (χ3n) is 1.69. The number of alkyl halides is 2. The summed E-state index contributed by atoms with van der Waals surface area (Å²) in [4.78, 5) is 0. The van der Waals surface area contributed by atoms with Gasteiger partial charge in [-0.2, -0.15) is 0 Å².